The van der Waals surface area contributed by atoms with Crippen LogP contribution in [0.3, 0.4) is 0 Å². The Morgan fingerprint density at radius 1 is 1.12 bits per heavy atom. The molecular formula is C19H28N2O5. The molecule has 1 fully saturated rings. The van der Waals surface area contributed by atoms with Crippen LogP contribution in [0.25, 0.3) is 0 Å². The van der Waals surface area contributed by atoms with E-state index in [9.17, 15) is 9.59 Å². The van der Waals surface area contributed by atoms with Gasteiger partial charge in [-0.2, -0.15) is 0 Å². The van der Waals surface area contributed by atoms with Crippen LogP contribution in [0.15, 0.2) is 18.2 Å². The molecule has 1 heterocycles. The lowest BCUT2D eigenvalue weighted by Gasteiger charge is -2.32. The summed E-state index contributed by atoms with van der Waals surface area (Å²) in [6, 6.07) is 5.80. The molecule has 0 unspecified atom stereocenters. The van der Waals surface area contributed by atoms with E-state index in [0.717, 1.165) is 18.4 Å². The number of piperidine rings is 1. The fourth-order valence-corrected chi connectivity index (χ4v) is 3.08. The predicted octanol–water partition coefficient (Wildman–Crippen LogP) is 1.39. The SMILES string of the molecule is COCC(=O)N1CCC(NC(=O)CCc2ccc(OC)c(OC)c2)CC1. The van der Waals surface area contributed by atoms with Crippen LogP contribution < -0.4 is 14.8 Å². The molecule has 7 heteroatoms. The zero-order chi connectivity index (χ0) is 18.9. The van der Waals surface area contributed by atoms with Crippen LogP contribution in [0.2, 0.25) is 0 Å². The third-order valence-electron chi connectivity index (χ3n) is 4.57. The molecule has 0 saturated carbocycles. The molecule has 0 radical (unpaired) electrons. The van der Waals surface area contributed by atoms with E-state index in [1.165, 1.54) is 7.11 Å². The number of amides is 2. The van der Waals surface area contributed by atoms with Gasteiger partial charge in [-0.25, -0.2) is 0 Å². The average molecular weight is 364 g/mol. The van der Waals surface area contributed by atoms with E-state index in [2.05, 4.69) is 5.32 Å². The number of carbonyl (C=O) groups is 2. The Labute approximate surface area is 154 Å². The molecular weight excluding hydrogens is 336 g/mol. The van der Waals surface area contributed by atoms with Crippen molar-refractivity contribution in [2.75, 3.05) is 41.0 Å². The Morgan fingerprint density at radius 3 is 2.42 bits per heavy atom. The molecule has 1 aromatic carbocycles. The summed E-state index contributed by atoms with van der Waals surface area (Å²) in [4.78, 5) is 25.8. The van der Waals surface area contributed by atoms with Crippen LogP contribution in [0.4, 0.5) is 0 Å². The summed E-state index contributed by atoms with van der Waals surface area (Å²) in [6.45, 7) is 1.42. The Kier molecular flexibility index (Phi) is 7.72. The number of hydrogen-bond acceptors (Lipinski definition) is 5. The van der Waals surface area contributed by atoms with E-state index in [1.807, 2.05) is 18.2 Å². The molecule has 1 aliphatic rings. The topological polar surface area (TPSA) is 77.1 Å². The Bertz CT molecular complexity index is 612. The van der Waals surface area contributed by atoms with Gasteiger partial charge in [0, 0.05) is 32.7 Å². The van der Waals surface area contributed by atoms with Crippen molar-refractivity contribution in [2.45, 2.75) is 31.7 Å². The quantitative estimate of drug-likeness (QED) is 0.754. The van der Waals surface area contributed by atoms with Crippen molar-refractivity contribution in [2.24, 2.45) is 0 Å². The Balaban J connectivity index is 1.75. The predicted molar refractivity (Wildman–Crippen MR) is 97.5 cm³/mol. The minimum absolute atomic E-state index is 0.00531. The number of likely N-dealkylation sites (tertiary alicyclic amines) is 1. The second-order valence-corrected chi connectivity index (χ2v) is 6.34. The van der Waals surface area contributed by atoms with Crippen LogP contribution in [-0.4, -0.2) is 63.8 Å². The molecule has 0 atom stereocenters. The number of nitrogens with one attached hydrogen (secondary N) is 1. The molecule has 26 heavy (non-hydrogen) atoms. The van der Waals surface area contributed by atoms with Crippen molar-refractivity contribution < 1.29 is 23.8 Å². The van der Waals surface area contributed by atoms with Gasteiger partial charge in [0.2, 0.25) is 11.8 Å². The fourth-order valence-electron chi connectivity index (χ4n) is 3.08. The Hall–Kier alpha value is -2.28. The van der Waals surface area contributed by atoms with Gasteiger partial charge in [0.15, 0.2) is 11.5 Å². The van der Waals surface area contributed by atoms with Gasteiger partial charge in [-0.3, -0.25) is 9.59 Å². The summed E-state index contributed by atoms with van der Waals surface area (Å²) >= 11 is 0. The second kappa shape index (κ2) is 10.0. The molecule has 1 aliphatic heterocycles. The van der Waals surface area contributed by atoms with E-state index in [1.54, 1.807) is 19.1 Å². The summed E-state index contributed by atoms with van der Waals surface area (Å²) < 4.78 is 15.4. The van der Waals surface area contributed by atoms with Crippen LogP contribution in [0, 0.1) is 0 Å². The van der Waals surface area contributed by atoms with Crippen LogP contribution in [0.1, 0.15) is 24.8 Å². The maximum atomic E-state index is 12.2. The van der Waals surface area contributed by atoms with E-state index in [0.29, 0.717) is 37.4 Å². The van der Waals surface area contributed by atoms with Crippen molar-refractivity contribution in [3.05, 3.63) is 23.8 Å². The van der Waals surface area contributed by atoms with Crippen molar-refractivity contribution >= 4 is 11.8 Å². The number of ether oxygens (including phenoxy) is 3. The zero-order valence-electron chi connectivity index (χ0n) is 15.7. The van der Waals surface area contributed by atoms with Gasteiger partial charge in [-0.15, -0.1) is 0 Å². The standard InChI is InChI=1S/C19H28N2O5/c1-24-13-19(23)21-10-8-15(9-11-21)20-18(22)7-5-14-4-6-16(25-2)17(12-14)26-3/h4,6,12,15H,5,7-11,13H2,1-3H3,(H,20,22). The van der Waals surface area contributed by atoms with E-state index < -0.39 is 0 Å². The highest BCUT2D eigenvalue weighted by Gasteiger charge is 2.23. The lowest BCUT2D eigenvalue weighted by Crippen LogP contribution is -2.47. The average Bonchev–Trinajstić information content (AvgIpc) is 2.66. The zero-order valence-corrected chi connectivity index (χ0v) is 15.7. The lowest BCUT2D eigenvalue weighted by atomic mass is 10.0. The highest BCUT2D eigenvalue weighted by molar-refractivity contribution is 5.78. The van der Waals surface area contributed by atoms with Gasteiger partial charge in [0.25, 0.3) is 0 Å². The fraction of sp³-hybridized carbons (Fsp3) is 0.579. The maximum Gasteiger partial charge on any atom is 0.248 e. The number of aryl methyl sites for hydroxylation is 1. The maximum absolute atomic E-state index is 12.2. The molecule has 2 amide bonds. The van der Waals surface area contributed by atoms with Crippen LogP contribution in [-0.2, 0) is 20.7 Å². The molecule has 0 bridgehead atoms. The number of hydrogen-bond donors (Lipinski definition) is 1. The van der Waals surface area contributed by atoms with Crippen LogP contribution >= 0.6 is 0 Å². The van der Waals surface area contributed by atoms with Gasteiger partial charge >= 0.3 is 0 Å². The van der Waals surface area contributed by atoms with E-state index in [-0.39, 0.29) is 24.5 Å². The summed E-state index contributed by atoms with van der Waals surface area (Å²) in [5.41, 5.74) is 1.03. The third kappa shape index (κ3) is 5.62. The second-order valence-electron chi connectivity index (χ2n) is 6.34. The normalized spacial score (nSPS) is 14.8. The highest BCUT2D eigenvalue weighted by atomic mass is 16.5. The summed E-state index contributed by atoms with van der Waals surface area (Å²) in [5, 5.41) is 3.07. The lowest BCUT2D eigenvalue weighted by molar-refractivity contribution is -0.136. The molecule has 0 spiro atoms. The van der Waals surface area contributed by atoms with Crippen molar-refractivity contribution in [1.29, 1.82) is 0 Å². The number of methoxy groups -OCH3 is 3. The van der Waals surface area contributed by atoms with Crippen molar-refractivity contribution in [1.82, 2.24) is 10.2 Å². The summed E-state index contributed by atoms with van der Waals surface area (Å²) in [7, 11) is 4.71. The number of rotatable bonds is 8. The molecule has 7 nitrogen and oxygen atoms in total. The van der Waals surface area contributed by atoms with Crippen molar-refractivity contribution in [3.63, 3.8) is 0 Å². The van der Waals surface area contributed by atoms with Gasteiger partial charge in [-0.1, -0.05) is 6.07 Å². The number of carbonyl (C=O) groups excluding carboxylic acids is 2. The largest absolute Gasteiger partial charge is 0.493 e. The molecule has 144 valence electrons. The molecule has 1 aromatic rings. The third-order valence-corrected chi connectivity index (χ3v) is 4.57. The highest BCUT2D eigenvalue weighted by Crippen LogP contribution is 2.27. The molecule has 2 rings (SSSR count). The smallest absolute Gasteiger partial charge is 0.248 e. The Morgan fingerprint density at radius 2 is 1.81 bits per heavy atom. The van der Waals surface area contributed by atoms with E-state index in [4.69, 9.17) is 14.2 Å². The van der Waals surface area contributed by atoms with Gasteiger partial charge in [0.1, 0.15) is 6.61 Å². The number of benzene rings is 1. The minimum atomic E-state index is 0.00531. The van der Waals surface area contributed by atoms with Gasteiger partial charge in [-0.05, 0) is 37.0 Å². The monoisotopic (exact) mass is 364 g/mol. The minimum Gasteiger partial charge on any atom is -0.493 e. The molecule has 1 saturated heterocycles. The molecule has 1 N–H and O–H groups in total. The first kappa shape index (κ1) is 20.0. The van der Waals surface area contributed by atoms with Gasteiger partial charge in [0.05, 0.1) is 14.2 Å². The van der Waals surface area contributed by atoms with Crippen molar-refractivity contribution in [3.8, 4) is 11.5 Å². The summed E-state index contributed by atoms with van der Waals surface area (Å²) in [5.74, 6) is 1.38. The van der Waals surface area contributed by atoms with Gasteiger partial charge < -0.3 is 24.4 Å². The first-order valence-corrected chi connectivity index (χ1v) is 8.84. The molecule has 0 aromatic heterocycles. The molecule has 0 aliphatic carbocycles. The van der Waals surface area contributed by atoms with E-state index >= 15 is 0 Å². The summed E-state index contributed by atoms with van der Waals surface area (Å²) in [6.07, 6.45) is 2.60. The number of nitrogens with zero attached hydrogens (tertiary/aromatic N) is 1. The van der Waals surface area contributed by atoms with Crippen LogP contribution in [0.5, 0.6) is 11.5 Å². The first-order valence-electron chi connectivity index (χ1n) is 8.84. The first-order chi connectivity index (χ1) is 12.6.